The van der Waals surface area contributed by atoms with Gasteiger partial charge in [-0.1, -0.05) is 6.07 Å². The molecule has 1 unspecified atom stereocenters. The Kier molecular flexibility index (Phi) is 13.2. The molecule has 1 atom stereocenters. The van der Waals surface area contributed by atoms with Crippen molar-refractivity contribution < 1.29 is 13.9 Å². The van der Waals surface area contributed by atoms with Crippen LogP contribution in [0.25, 0.3) is 0 Å². The number of hydrogen-bond donors (Lipinski definition) is 2. The summed E-state index contributed by atoms with van der Waals surface area (Å²) in [6.07, 6.45) is 3.40. The molecule has 1 aromatic carbocycles. The summed E-state index contributed by atoms with van der Waals surface area (Å²) in [5.74, 6) is 0.515. The third-order valence-electron chi connectivity index (χ3n) is 4.89. The van der Waals surface area contributed by atoms with E-state index in [2.05, 4.69) is 15.6 Å². The first-order valence-electron chi connectivity index (χ1n) is 10.3. The zero-order valence-electron chi connectivity index (χ0n) is 17.9. The van der Waals surface area contributed by atoms with Gasteiger partial charge in [-0.2, -0.15) is 0 Å². The molecule has 8 heteroatoms. The Balaban J connectivity index is 0.00000420. The second kappa shape index (κ2) is 14.8. The number of guanidine groups is 1. The minimum atomic E-state index is -0.186. The fourth-order valence-electron chi connectivity index (χ4n) is 3.26. The van der Waals surface area contributed by atoms with Crippen molar-refractivity contribution in [3.8, 4) is 0 Å². The highest BCUT2D eigenvalue weighted by Crippen LogP contribution is 2.20. The Morgan fingerprint density at radius 1 is 1.31 bits per heavy atom. The number of halogens is 2. The number of nitrogens with one attached hydrogen (secondary N) is 2. The Morgan fingerprint density at radius 3 is 2.72 bits per heavy atom. The molecule has 1 heterocycles. The molecule has 0 radical (unpaired) electrons. The number of aliphatic imine (C=N–C) groups is 1. The second-order valence-corrected chi connectivity index (χ2v) is 6.87. The lowest BCUT2D eigenvalue weighted by molar-refractivity contribution is 0.0168. The summed E-state index contributed by atoms with van der Waals surface area (Å²) >= 11 is 0. The molecule has 1 aromatic rings. The predicted molar refractivity (Wildman–Crippen MR) is 128 cm³/mol. The molecule has 0 aromatic heterocycles. The van der Waals surface area contributed by atoms with E-state index < -0.39 is 0 Å². The molecule has 0 saturated carbocycles. The molecule has 2 rings (SSSR count). The van der Waals surface area contributed by atoms with Crippen molar-refractivity contribution in [2.75, 3.05) is 51.4 Å². The summed E-state index contributed by atoms with van der Waals surface area (Å²) in [6.45, 7) is 9.16. The Hall–Kier alpha value is -1.13. The standard InChI is InChI=1S/C21H35FN4O2.HI/c1-4-26(5-2)20-10-9-17(14-19(20)22)15-25-21(23-3)24-11-7-12-27-16-18-8-6-13-28-18;/h9-10,14,18H,4-8,11-13,15-16H2,1-3H3,(H2,23,24,25);1H. The fourth-order valence-corrected chi connectivity index (χ4v) is 3.26. The van der Waals surface area contributed by atoms with Gasteiger partial charge in [0.25, 0.3) is 0 Å². The summed E-state index contributed by atoms with van der Waals surface area (Å²) in [4.78, 5) is 6.22. The SMILES string of the molecule is CCN(CC)c1ccc(CNC(=NC)NCCCOCC2CCCO2)cc1F.I. The number of hydrogen-bond acceptors (Lipinski definition) is 4. The number of rotatable bonds is 11. The average Bonchev–Trinajstić information content (AvgIpc) is 3.22. The van der Waals surface area contributed by atoms with Gasteiger partial charge in [-0.25, -0.2) is 4.39 Å². The first-order valence-corrected chi connectivity index (χ1v) is 10.3. The maximum atomic E-state index is 14.4. The van der Waals surface area contributed by atoms with E-state index in [1.807, 2.05) is 30.9 Å². The van der Waals surface area contributed by atoms with Gasteiger partial charge in [0.1, 0.15) is 5.82 Å². The number of ether oxygens (including phenoxy) is 2. The zero-order chi connectivity index (χ0) is 20.2. The minimum absolute atomic E-state index is 0. The van der Waals surface area contributed by atoms with Gasteiger partial charge in [0.05, 0.1) is 18.4 Å². The Labute approximate surface area is 191 Å². The smallest absolute Gasteiger partial charge is 0.191 e. The van der Waals surface area contributed by atoms with Crippen molar-refractivity contribution in [1.29, 1.82) is 0 Å². The largest absolute Gasteiger partial charge is 0.379 e. The van der Waals surface area contributed by atoms with E-state index in [1.54, 1.807) is 13.1 Å². The van der Waals surface area contributed by atoms with Crippen LogP contribution in [0.3, 0.4) is 0 Å². The maximum Gasteiger partial charge on any atom is 0.191 e. The highest BCUT2D eigenvalue weighted by atomic mass is 127. The Morgan fingerprint density at radius 2 is 2.10 bits per heavy atom. The third kappa shape index (κ3) is 9.04. The third-order valence-corrected chi connectivity index (χ3v) is 4.89. The maximum absolute atomic E-state index is 14.4. The van der Waals surface area contributed by atoms with E-state index >= 15 is 0 Å². The molecule has 0 amide bonds. The molecule has 29 heavy (non-hydrogen) atoms. The second-order valence-electron chi connectivity index (χ2n) is 6.87. The van der Waals surface area contributed by atoms with E-state index in [-0.39, 0.29) is 35.9 Å². The van der Waals surface area contributed by atoms with E-state index in [0.29, 0.717) is 31.4 Å². The zero-order valence-corrected chi connectivity index (χ0v) is 20.2. The van der Waals surface area contributed by atoms with Gasteiger partial charge >= 0.3 is 0 Å². The van der Waals surface area contributed by atoms with Crippen molar-refractivity contribution in [2.24, 2.45) is 4.99 Å². The molecule has 0 bridgehead atoms. The van der Waals surface area contributed by atoms with Crippen molar-refractivity contribution in [3.63, 3.8) is 0 Å². The molecule has 0 spiro atoms. The predicted octanol–water partition coefficient (Wildman–Crippen LogP) is 3.54. The van der Waals surface area contributed by atoms with Crippen LogP contribution in [0.15, 0.2) is 23.2 Å². The lowest BCUT2D eigenvalue weighted by Crippen LogP contribution is -2.37. The van der Waals surface area contributed by atoms with Crippen molar-refractivity contribution in [2.45, 2.75) is 45.8 Å². The van der Waals surface area contributed by atoms with Crippen LogP contribution in [0, 0.1) is 5.82 Å². The summed E-state index contributed by atoms with van der Waals surface area (Å²) in [5.41, 5.74) is 1.54. The Bertz CT molecular complexity index is 608. The molecular formula is C21H36FIN4O2. The van der Waals surface area contributed by atoms with Gasteiger partial charge in [-0.05, 0) is 50.8 Å². The van der Waals surface area contributed by atoms with E-state index in [0.717, 1.165) is 51.1 Å². The van der Waals surface area contributed by atoms with E-state index in [4.69, 9.17) is 9.47 Å². The summed E-state index contributed by atoms with van der Waals surface area (Å²) in [7, 11) is 1.73. The van der Waals surface area contributed by atoms with Crippen LogP contribution in [-0.4, -0.2) is 58.6 Å². The molecule has 166 valence electrons. The molecule has 1 fully saturated rings. The van der Waals surface area contributed by atoms with Crippen molar-refractivity contribution in [1.82, 2.24) is 10.6 Å². The van der Waals surface area contributed by atoms with Crippen molar-refractivity contribution >= 4 is 35.6 Å². The monoisotopic (exact) mass is 522 g/mol. The first kappa shape index (κ1) is 25.9. The molecule has 1 aliphatic rings. The van der Waals surface area contributed by atoms with Gasteiger partial charge in [0.2, 0.25) is 0 Å². The summed E-state index contributed by atoms with van der Waals surface area (Å²) in [5, 5.41) is 6.48. The molecule has 2 N–H and O–H groups in total. The van der Waals surface area contributed by atoms with Crippen LogP contribution in [-0.2, 0) is 16.0 Å². The highest BCUT2D eigenvalue weighted by molar-refractivity contribution is 14.0. The van der Waals surface area contributed by atoms with Gasteiger partial charge in [0.15, 0.2) is 5.96 Å². The van der Waals surface area contributed by atoms with Gasteiger partial charge in [0, 0.05) is 46.4 Å². The summed E-state index contributed by atoms with van der Waals surface area (Å²) < 4.78 is 25.6. The van der Waals surface area contributed by atoms with Crippen LogP contribution in [0.4, 0.5) is 10.1 Å². The van der Waals surface area contributed by atoms with Crippen LogP contribution < -0.4 is 15.5 Å². The van der Waals surface area contributed by atoms with Crippen molar-refractivity contribution in [3.05, 3.63) is 29.6 Å². The van der Waals surface area contributed by atoms with Gasteiger partial charge in [-0.15, -0.1) is 24.0 Å². The quantitative estimate of drug-likeness (QED) is 0.202. The molecule has 0 aliphatic carbocycles. The minimum Gasteiger partial charge on any atom is -0.379 e. The molecule has 1 saturated heterocycles. The lowest BCUT2D eigenvalue weighted by atomic mass is 10.2. The average molecular weight is 522 g/mol. The normalized spacial score (nSPS) is 16.4. The highest BCUT2D eigenvalue weighted by Gasteiger charge is 2.15. The van der Waals surface area contributed by atoms with Crippen LogP contribution in [0.1, 0.15) is 38.7 Å². The lowest BCUT2D eigenvalue weighted by Gasteiger charge is -2.22. The van der Waals surface area contributed by atoms with Crippen LogP contribution >= 0.6 is 24.0 Å². The summed E-state index contributed by atoms with van der Waals surface area (Å²) in [6, 6.07) is 5.39. The van der Waals surface area contributed by atoms with Gasteiger partial charge < -0.3 is 25.0 Å². The molecular weight excluding hydrogens is 486 g/mol. The number of nitrogens with zero attached hydrogens (tertiary/aromatic N) is 2. The topological polar surface area (TPSA) is 58.1 Å². The van der Waals surface area contributed by atoms with E-state index in [9.17, 15) is 4.39 Å². The molecule has 1 aliphatic heterocycles. The number of anilines is 1. The van der Waals surface area contributed by atoms with Gasteiger partial charge in [-0.3, -0.25) is 4.99 Å². The first-order chi connectivity index (χ1) is 13.7. The van der Waals surface area contributed by atoms with Crippen LogP contribution in [0.2, 0.25) is 0 Å². The fraction of sp³-hybridized carbons (Fsp3) is 0.667. The van der Waals surface area contributed by atoms with E-state index in [1.165, 1.54) is 0 Å². The van der Waals surface area contributed by atoms with Crippen LogP contribution in [0.5, 0.6) is 0 Å². The molecule has 6 nitrogen and oxygen atoms in total. The number of benzene rings is 1.